The summed E-state index contributed by atoms with van der Waals surface area (Å²) < 4.78 is 28.7. The minimum Gasteiger partial charge on any atom is -0.337 e. The lowest BCUT2D eigenvalue weighted by molar-refractivity contribution is 0.0761. The molecule has 1 amide bonds. The van der Waals surface area contributed by atoms with Crippen molar-refractivity contribution in [3.8, 4) is 11.3 Å². The number of hydrogen-bond donors (Lipinski definition) is 2. The Labute approximate surface area is 211 Å². The van der Waals surface area contributed by atoms with Gasteiger partial charge < -0.3 is 9.80 Å². The fraction of sp³-hybridized carbons (Fsp3) is 0.346. The summed E-state index contributed by atoms with van der Waals surface area (Å²) in [5.74, 6) is -0.391. The van der Waals surface area contributed by atoms with E-state index in [4.69, 9.17) is 0 Å². The van der Waals surface area contributed by atoms with E-state index in [-0.39, 0.29) is 16.8 Å². The number of H-pyrrole nitrogens is 1. The van der Waals surface area contributed by atoms with E-state index in [9.17, 15) is 18.0 Å². The molecule has 36 heavy (non-hydrogen) atoms. The molecule has 3 aromatic rings. The largest absolute Gasteiger partial charge is 0.337 e. The molecular formula is C26H31N5O4S. The zero-order chi connectivity index (χ0) is 25.9. The third-order valence-electron chi connectivity index (χ3n) is 6.42. The van der Waals surface area contributed by atoms with Crippen molar-refractivity contribution >= 4 is 21.9 Å². The van der Waals surface area contributed by atoms with Gasteiger partial charge in [-0.1, -0.05) is 31.2 Å². The van der Waals surface area contributed by atoms with Crippen LogP contribution in [0.4, 0.5) is 5.95 Å². The van der Waals surface area contributed by atoms with E-state index in [2.05, 4.69) is 26.5 Å². The molecule has 190 valence electrons. The van der Waals surface area contributed by atoms with Gasteiger partial charge in [-0.3, -0.25) is 14.6 Å². The molecule has 0 bridgehead atoms. The number of nitrogens with zero attached hydrogens (tertiary/aromatic N) is 3. The molecule has 4 rings (SSSR count). The summed E-state index contributed by atoms with van der Waals surface area (Å²) in [5, 5.41) is 0. The molecular weight excluding hydrogens is 478 g/mol. The number of aromatic amines is 1. The predicted octanol–water partition coefficient (Wildman–Crippen LogP) is 3.02. The van der Waals surface area contributed by atoms with Crippen LogP contribution in [0.3, 0.4) is 0 Å². The number of likely N-dealkylation sites (N-methyl/N-ethyl adjacent to an activating group) is 1. The first-order valence-electron chi connectivity index (χ1n) is 12.0. The topological polar surface area (TPSA) is 115 Å². The zero-order valence-electron chi connectivity index (χ0n) is 20.7. The summed E-state index contributed by atoms with van der Waals surface area (Å²) in [6.07, 6.45) is 0.870. The first kappa shape index (κ1) is 25.6. The number of aromatic nitrogens is 2. The molecule has 2 heterocycles. The van der Waals surface area contributed by atoms with Crippen molar-refractivity contribution in [1.29, 1.82) is 0 Å². The van der Waals surface area contributed by atoms with Gasteiger partial charge in [0.1, 0.15) is 0 Å². The summed E-state index contributed by atoms with van der Waals surface area (Å²) >= 11 is 0. The van der Waals surface area contributed by atoms with Gasteiger partial charge in [0.25, 0.3) is 21.5 Å². The lowest BCUT2D eigenvalue weighted by atomic mass is 10.00. The van der Waals surface area contributed by atoms with Crippen molar-refractivity contribution in [3.63, 3.8) is 0 Å². The van der Waals surface area contributed by atoms with Crippen LogP contribution in [0.15, 0.2) is 58.2 Å². The number of carbonyl (C=O) groups excluding carboxylic acids is 1. The second-order valence-electron chi connectivity index (χ2n) is 8.96. The van der Waals surface area contributed by atoms with Crippen molar-refractivity contribution < 1.29 is 13.2 Å². The zero-order valence-corrected chi connectivity index (χ0v) is 21.6. The van der Waals surface area contributed by atoms with Crippen LogP contribution in [0.2, 0.25) is 0 Å². The van der Waals surface area contributed by atoms with Crippen LogP contribution in [0.5, 0.6) is 0 Å². The van der Waals surface area contributed by atoms with E-state index < -0.39 is 15.6 Å². The highest BCUT2D eigenvalue weighted by Crippen LogP contribution is 2.25. The average Bonchev–Trinajstić information content (AvgIpc) is 3.09. The van der Waals surface area contributed by atoms with Crippen LogP contribution in [-0.4, -0.2) is 66.8 Å². The molecule has 0 saturated carbocycles. The Morgan fingerprint density at radius 1 is 1.03 bits per heavy atom. The molecule has 1 aliphatic heterocycles. The molecule has 0 unspecified atom stereocenters. The van der Waals surface area contributed by atoms with Crippen LogP contribution in [0, 0.1) is 13.8 Å². The van der Waals surface area contributed by atoms with Gasteiger partial charge >= 0.3 is 0 Å². The van der Waals surface area contributed by atoms with E-state index in [1.54, 1.807) is 17.0 Å². The summed E-state index contributed by atoms with van der Waals surface area (Å²) in [6, 6.07) is 13.0. The van der Waals surface area contributed by atoms with Crippen LogP contribution < -0.4 is 10.3 Å². The van der Waals surface area contributed by atoms with Gasteiger partial charge in [-0.25, -0.2) is 18.1 Å². The molecule has 10 heteroatoms. The standard InChI is InChI=1S/C26H31N5O4S/c1-4-30-12-7-13-31(15-14-30)25(33)20-10-6-11-21(16-20)36(34,35)29-26-27-22(17-23(32)28-26)24-18(2)8-5-9-19(24)3/h5-6,8-11,16-17H,4,7,12-15H2,1-3H3,(H2,27,28,29,32). The fourth-order valence-electron chi connectivity index (χ4n) is 4.51. The van der Waals surface area contributed by atoms with Crippen molar-refractivity contribution in [2.24, 2.45) is 0 Å². The van der Waals surface area contributed by atoms with Gasteiger partial charge in [-0.2, -0.15) is 0 Å². The van der Waals surface area contributed by atoms with Crippen molar-refractivity contribution in [2.75, 3.05) is 37.4 Å². The third-order valence-corrected chi connectivity index (χ3v) is 7.76. The van der Waals surface area contributed by atoms with Crippen LogP contribution >= 0.6 is 0 Å². The van der Waals surface area contributed by atoms with Gasteiger partial charge in [-0.15, -0.1) is 0 Å². The predicted molar refractivity (Wildman–Crippen MR) is 140 cm³/mol. The lowest BCUT2D eigenvalue weighted by Gasteiger charge is -2.21. The minimum absolute atomic E-state index is 0.0847. The molecule has 1 fully saturated rings. The number of carbonyl (C=O) groups is 1. The van der Waals surface area contributed by atoms with Crippen LogP contribution in [-0.2, 0) is 10.0 Å². The van der Waals surface area contributed by atoms with E-state index in [1.807, 2.05) is 32.0 Å². The van der Waals surface area contributed by atoms with Crippen LogP contribution in [0.25, 0.3) is 11.3 Å². The molecule has 0 aliphatic carbocycles. The molecule has 0 radical (unpaired) electrons. The Morgan fingerprint density at radius 2 is 1.75 bits per heavy atom. The highest BCUT2D eigenvalue weighted by molar-refractivity contribution is 7.92. The first-order valence-corrected chi connectivity index (χ1v) is 13.5. The molecule has 1 saturated heterocycles. The van der Waals surface area contributed by atoms with E-state index in [0.29, 0.717) is 24.3 Å². The van der Waals surface area contributed by atoms with Gasteiger partial charge in [-0.05, 0) is 62.7 Å². The maximum absolute atomic E-state index is 13.2. The number of hydrogen-bond acceptors (Lipinski definition) is 6. The number of aryl methyl sites for hydroxylation is 2. The number of anilines is 1. The summed E-state index contributed by atoms with van der Waals surface area (Å²) in [5.41, 5.74) is 2.81. The van der Waals surface area contributed by atoms with Gasteiger partial charge in [0.2, 0.25) is 5.95 Å². The summed E-state index contributed by atoms with van der Waals surface area (Å²) in [7, 11) is -4.12. The fourth-order valence-corrected chi connectivity index (χ4v) is 5.52. The number of amides is 1. The molecule has 0 spiro atoms. The van der Waals surface area contributed by atoms with Gasteiger partial charge in [0.15, 0.2) is 0 Å². The smallest absolute Gasteiger partial charge is 0.264 e. The van der Waals surface area contributed by atoms with Crippen molar-refractivity contribution in [1.82, 2.24) is 19.8 Å². The van der Waals surface area contributed by atoms with Crippen molar-refractivity contribution in [3.05, 3.63) is 75.6 Å². The molecule has 2 N–H and O–H groups in total. The highest BCUT2D eigenvalue weighted by atomic mass is 32.2. The third kappa shape index (κ3) is 5.66. The normalized spacial score (nSPS) is 14.9. The van der Waals surface area contributed by atoms with E-state index in [1.165, 1.54) is 18.2 Å². The molecule has 2 aromatic carbocycles. The Kier molecular flexibility index (Phi) is 7.56. The average molecular weight is 510 g/mol. The molecule has 1 aromatic heterocycles. The second kappa shape index (κ2) is 10.6. The van der Waals surface area contributed by atoms with Gasteiger partial charge in [0.05, 0.1) is 10.6 Å². The first-order chi connectivity index (χ1) is 17.2. The van der Waals surface area contributed by atoms with Crippen LogP contribution in [0.1, 0.15) is 34.8 Å². The minimum atomic E-state index is -4.12. The lowest BCUT2D eigenvalue weighted by Crippen LogP contribution is -2.35. The Balaban J connectivity index is 1.59. The quantitative estimate of drug-likeness (QED) is 0.528. The SMILES string of the molecule is CCN1CCCN(C(=O)c2cccc(S(=O)(=O)Nc3nc(-c4c(C)cccc4C)cc(=O)[nH]3)c2)CC1. The molecule has 9 nitrogen and oxygen atoms in total. The maximum atomic E-state index is 13.2. The number of benzene rings is 2. The molecule has 1 aliphatic rings. The van der Waals surface area contributed by atoms with E-state index in [0.717, 1.165) is 42.7 Å². The second-order valence-corrected chi connectivity index (χ2v) is 10.6. The number of rotatable bonds is 6. The Morgan fingerprint density at radius 3 is 2.47 bits per heavy atom. The van der Waals surface area contributed by atoms with Gasteiger partial charge in [0, 0.05) is 36.8 Å². The van der Waals surface area contributed by atoms with E-state index >= 15 is 0 Å². The molecule has 0 atom stereocenters. The van der Waals surface area contributed by atoms with Crippen molar-refractivity contribution in [2.45, 2.75) is 32.1 Å². The maximum Gasteiger partial charge on any atom is 0.264 e. The summed E-state index contributed by atoms with van der Waals surface area (Å²) in [4.78, 5) is 36.3. The Hall–Kier alpha value is -3.50. The summed E-state index contributed by atoms with van der Waals surface area (Å²) in [6.45, 7) is 9.78. The Bertz CT molecular complexity index is 1410. The monoisotopic (exact) mass is 509 g/mol. The number of nitrogens with one attached hydrogen (secondary N) is 2. The number of sulfonamides is 1. The highest BCUT2D eigenvalue weighted by Gasteiger charge is 2.23.